The second kappa shape index (κ2) is 8.90. The van der Waals surface area contributed by atoms with E-state index in [-0.39, 0.29) is 11.9 Å². The van der Waals surface area contributed by atoms with Crippen LogP contribution in [0.15, 0.2) is 53.4 Å². The highest BCUT2D eigenvalue weighted by Gasteiger charge is 2.19. The summed E-state index contributed by atoms with van der Waals surface area (Å²) in [6.07, 6.45) is -0.363. The summed E-state index contributed by atoms with van der Waals surface area (Å²) in [4.78, 5) is 5.65. The van der Waals surface area contributed by atoms with Gasteiger partial charge in [-0.15, -0.1) is 11.8 Å². The van der Waals surface area contributed by atoms with Crippen LogP contribution in [-0.2, 0) is 0 Å². The quantitative estimate of drug-likeness (QED) is 0.772. The molecule has 0 aliphatic carbocycles. The number of aliphatic hydroxyl groups excluding tert-OH is 1. The van der Waals surface area contributed by atoms with Crippen molar-refractivity contribution in [1.29, 1.82) is 0 Å². The minimum absolute atomic E-state index is 0.205. The van der Waals surface area contributed by atoms with Crippen LogP contribution in [0.25, 0.3) is 0 Å². The van der Waals surface area contributed by atoms with Crippen LogP contribution >= 0.6 is 23.4 Å². The van der Waals surface area contributed by atoms with Gasteiger partial charge in [0.05, 0.1) is 6.10 Å². The monoisotopic (exact) mass is 380 g/mol. The van der Waals surface area contributed by atoms with E-state index in [9.17, 15) is 9.50 Å². The van der Waals surface area contributed by atoms with Gasteiger partial charge in [0.15, 0.2) is 0 Å². The molecule has 0 aromatic heterocycles. The summed E-state index contributed by atoms with van der Waals surface area (Å²) in [6, 6.07) is 14.3. The Labute approximate surface area is 157 Å². The van der Waals surface area contributed by atoms with Gasteiger partial charge in [0, 0.05) is 54.1 Å². The van der Waals surface area contributed by atoms with Gasteiger partial charge < -0.3 is 10.0 Å². The van der Waals surface area contributed by atoms with E-state index in [1.54, 1.807) is 11.8 Å². The maximum atomic E-state index is 13.0. The largest absolute Gasteiger partial charge is 0.391 e. The Balaban J connectivity index is 1.40. The molecule has 3 nitrogen and oxygen atoms in total. The molecule has 0 unspecified atom stereocenters. The van der Waals surface area contributed by atoms with Crippen LogP contribution in [0, 0.1) is 5.82 Å². The summed E-state index contributed by atoms with van der Waals surface area (Å²) in [6.45, 7) is 4.27. The van der Waals surface area contributed by atoms with Gasteiger partial charge in [-0.3, -0.25) is 4.90 Å². The van der Waals surface area contributed by atoms with Gasteiger partial charge >= 0.3 is 0 Å². The van der Waals surface area contributed by atoms with Crippen LogP contribution in [0.5, 0.6) is 0 Å². The van der Waals surface area contributed by atoms with E-state index in [4.69, 9.17) is 11.6 Å². The van der Waals surface area contributed by atoms with Crippen LogP contribution < -0.4 is 4.90 Å². The highest BCUT2D eigenvalue weighted by atomic mass is 35.5. The topological polar surface area (TPSA) is 26.7 Å². The number of benzene rings is 2. The Morgan fingerprint density at radius 2 is 1.64 bits per heavy atom. The number of hydrogen-bond acceptors (Lipinski definition) is 4. The van der Waals surface area contributed by atoms with Crippen LogP contribution in [0.2, 0.25) is 5.02 Å². The maximum absolute atomic E-state index is 13.0. The summed E-state index contributed by atoms with van der Waals surface area (Å²) in [5.74, 6) is 0.462. The molecule has 0 amide bonds. The fourth-order valence-corrected chi connectivity index (χ4v) is 3.86. The number of thioether (sulfide) groups is 1. The normalized spacial score (nSPS) is 16.8. The van der Waals surface area contributed by atoms with Crippen LogP contribution in [0.3, 0.4) is 0 Å². The molecule has 1 aliphatic heterocycles. The van der Waals surface area contributed by atoms with Gasteiger partial charge in [0.1, 0.15) is 5.82 Å². The van der Waals surface area contributed by atoms with Crippen molar-refractivity contribution in [3.63, 3.8) is 0 Å². The van der Waals surface area contributed by atoms with Gasteiger partial charge in [-0.25, -0.2) is 4.39 Å². The summed E-state index contributed by atoms with van der Waals surface area (Å²) in [5.41, 5.74) is 1.06. The third-order valence-electron chi connectivity index (χ3n) is 4.29. The van der Waals surface area contributed by atoms with Crippen molar-refractivity contribution in [1.82, 2.24) is 4.90 Å². The number of anilines is 1. The van der Waals surface area contributed by atoms with Crippen molar-refractivity contribution in [2.24, 2.45) is 0 Å². The fraction of sp³-hybridized carbons (Fsp3) is 0.368. The van der Waals surface area contributed by atoms with E-state index >= 15 is 0 Å². The average Bonchev–Trinajstić information content (AvgIpc) is 2.63. The zero-order chi connectivity index (χ0) is 17.6. The average molecular weight is 381 g/mol. The van der Waals surface area contributed by atoms with E-state index in [1.165, 1.54) is 12.1 Å². The molecule has 0 radical (unpaired) electrons. The molecule has 0 spiro atoms. The number of β-amino-alcohol motifs (C(OH)–C–C–N with tert-alkyl or cyclic N) is 1. The molecule has 2 aromatic rings. The van der Waals surface area contributed by atoms with Gasteiger partial charge in [0.2, 0.25) is 0 Å². The Morgan fingerprint density at radius 1 is 1.00 bits per heavy atom. The molecule has 1 aliphatic rings. The molecule has 2 aromatic carbocycles. The first kappa shape index (κ1) is 18.5. The van der Waals surface area contributed by atoms with Crippen molar-refractivity contribution in [2.75, 3.05) is 43.4 Å². The van der Waals surface area contributed by atoms with Crippen molar-refractivity contribution in [3.8, 4) is 0 Å². The van der Waals surface area contributed by atoms with E-state index in [0.717, 1.165) is 41.8 Å². The number of halogens is 2. The summed E-state index contributed by atoms with van der Waals surface area (Å²) in [5, 5.41) is 11.0. The molecule has 1 fully saturated rings. The van der Waals surface area contributed by atoms with Crippen molar-refractivity contribution < 1.29 is 9.50 Å². The molecular formula is C19H22ClFN2OS. The highest BCUT2D eigenvalue weighted by Crippen LogP contribution is 2.22. The van der Waals surface area contributed by atoms with Crippen LogP contribution in [0.1, 0.15) is 0 Å². The number of piperazine rings is 1. The summed E-state index contributed by atoms with van der Waals surface area (Å²) in [7, 11) is 0. The Hall–Kier alpha value is -1.27. The molecule has 6 heteroatoms. The van der Waals surface area contributed by atoms with Gasteiger partial charge in [0.25, 0.3) is 0 Å². The smallest absolute Gasteiger partial charge is 0.123 e. The predicted molar refractivity (Wildman–Crippen MR) is 103 cm³/mol. The SMILES string of the molecule is O[C@@H](CSc1ccc(Cl)cc1)CN1CCN(c2ccc(F)cc2)CC1. The van der Waals surface area contributed by atoms with Gasteiger partial charge in [-0.05, 0) is 48.5 Å². The lowest BCUT2D eigenvalue weighted by Crippen LogP contribution is -2.48. The van der Waals surface area contributed by atoms with E-state index < -0.39 is 0 Å². The zero-order valence-electron chi connectivity index (χ0n) is 13.9. The maximum Gasteiger partial charge on any atom is 0.123 e. The second-order valence-electron chi connectivity index (χ2n) is 6.18. The number of aliphatic hydroxyl groups is 1. The lowest BCUT2D eigenvalue weighted by Gasteiger charge is -2.36. The molecular weight excluding hydrogens is 359 g/mol. The zero-order valence-corrected chi connectivity index (χ0v) is 15.5. The van der Waals surface area contributed by atoms with Gasteiger partial charge in [-0.2, -0.15) is 0 Å². The molecule has 1 N–H and O–H groups in total. The fourth-order valence-electron chi connectivity index (χ4n) is 2.91. The predicted octanol–water partition coefficient (Wildman–Crippen LogP) is 3.75. The molecule has 25 heavy (non-hydrogen) atoms. The lowest BCUT2D eigenvalue weighted by atomic mass is 10.2. The first-order valence-corrected chi connectivity index (χ1v) is 9.76. The van der Waals surface area contributed by atoms with E-state index in [2.05, 4.69) is 9.80 Å². The molecule has 3 rings (SSSR count). The Kier molecular flexibility index (Phi) is 6.59. The minimum Gasteiger partial charge on any atom is -0.391 e. The molecule has 0 saturated carbocycles. The standard InChI is InChI=1S/C19H22ClFN2OS/c20-15-1-7-19(8-2-15)25-14-18(24)13-22-9-11-23(12-10-22)17-5-3-16(21)4-6-17/h1-8,18,24H,9-14H2/t18-/m1/s1. The third kappa shape index (κ3) is 5.61. The molecule has 1 atom stereocenters. The van der Waals surface area contributed by atoms with Gasteiger partial charge in [-0.1, -0.05) is 11.6 Å². The number of nitrogens with zero attached hydrogens (tertiary/aromatic N) is 2. The van der Waals surface area contributed by atoms with Crippen molar-refractivity contribution in [2.45, 2.75) is 11.0 Å². The van der Waals surface area contributed by atoms with E-state index in [0.29, 0.717) is 12.3 Å². The number of rotatable bonds is 6. The molecule has 1 heterocycles. The Morgan fingerprint density at radius 3 is 2.28 bits per heavy atom. The van der Waals surface area contributed by atoms with Crippen molar-refractivity contribution in [3.05, 3.63) is 59.4 Å². The van der Waals surface area contributed by atoms with E-state index in [1.807, 2.05) is 36.4 Å². The lowest BCUT2D eigenvalue weighted by molar-refractivity contribution is 0.126. The molecule has 134 valence electrons. The molecule has 1 saturated heterocycles. The summed E-state index contributed by atoms with van der Waals surface area (Å²) < 4.78 is 13.0. The van der Waals surface area contributed by atoms with Crippen molar-refractivity contribution >= 4 is 29.1 Å². The van der Waals surface area contributed by atoms with Crippen LogP contribution in [0.4, 0.5) is 10.1 Å². The summed E-state index contributed by atoms with van der Waals surface area (Å²) >= 11 is 7.52. The first-order valence-electron chi connectivity index (χ1n) is 8.39. The molecule has 0 bridgehead atoms. The number of hydrogen-bond donors (Lipinski definition) is 1. The Bertz CT molecular complexity index is 660. The third-order valence-corrected chi connectivity index (χ3v) is 5.70. The minimum atomic E-state index is -0.363. The first-order chi connectivity index (χ1) is 12.1. The van der Waals surface area contributed by atoms with Crippen LogP contribution in [-0.4, -0.2) is 54.6 Å². The highest BCUT2D eigenvalue weighted by molar-refractivity contribution is 7.99. The second-order valence-corrected chi connectivity index (χ2v) is 7.71.